The fourth-order valence-corrected chi connectivity index (χ4v) is 2.61. The first-order valence-corrected chi connectivity index (χ1v) is 8.51. The molecule has 1 aromatic heterocycles. The quantitative estimate of drug-likeness (QED) is 0.421. The second-order valence-electron chi connectivity index (χ2n) is 5.53. The van der Waals surface area contributed by atoms with Gasteiger partial charge in [0, 0.05) is 17.7 Å². The SMILES string of the molecule is O=C(C[n+]1ccc(OCc2ccccc2)cc1)c1ccc(Cl)c(Cl)c1.[Br-]. The van der Waals surface area contributed by atoms with Crippen molar-refractivity contribution in [2.24, 2.45) is 0 Å². The first-order chi connectivity index (χ1) is 12.1. The molecule has 26 heavy (non-hydrogen) atoms. The number of ether oxygens (including phenoxy) is 1. The minimum atomic E-state index is -0.0403. The van der Waals surface area contributed by atoms with Crippen LogP contribution in [-0.4, -0.2) is 5.78 Å². The predicted molar refractivity (Wildman–Crippen MR) is 98.2 cm³/mol. The highest BCUT2D eigenvalue weighted by Crippen LogP contribution is 2.22. The van der Waals surface area contributed by atoms with Gasteiger partial charge in [-0.1, -0.05) is 53.5 Å². The first kappa shape index (κ1) is 20.4. The minimum absolute atomic E-state index is 0. The van der Waals surface area contributed by atoms with Crippen LogP contribution < -0.4 is 26.3 Å². The molecule has 0 saturated heterocycles. The molecule has 0 amide bonds. The van der Waals surface area contributed by atoms with E-state index in [9.17, 15) is 4.79 Å². The average molecular weight is 453 g/mol. The van der Waals surface area contributed by atoms with Gasteiger partial charge in [0.25, 0.3) is 0 Å². The Balaban J connectivity index is 0.00000243. The maximum absolute atomic E-state index is 12.3. The zero-order valence-electron chi connectivity index (χ0n) is 13.7. The van der Waals surface area contributed by atoms with E-state index in [0.717, 1.165) is 11.3 Å². The Hall–Kier alpha value is -1.88. The molecule has 6 heteroatoms. The number of halogens is 3. The molecule has 0 aliphatic rings. The Kier molecular flexibility index (Phi) is 7.64. The summed E-state index contributed by atoms with van der Waals surface area (Å²) in [7, 11) is 0. The summed E-state index contributed by atoms with van der Waals surface area (Å²) in [5, 5.41) is 0.813. The van der Waals surface area contributed by atoms with E-state index in [-0.39, 0.29) is 29.3 Å². The molecule has 0 spiro atoms. The number of hydrogen-bond acceptors (Lipinski definition) is 2. The van der Waals surface area contributed by atoms with E-state index < -0.39 is 0 Å². The Bertz CT molecular complexity index is 871. The number of pyridine rings is 1. The molecule has 134 valence electrons. The van der Waals surface area contributed by atoms with Crippen molar-refractivity contribution < 1.29 is 31.1 Å². The van der Waals surface area contributed by atoms with Gasteiger partial charge in [0.1, 0.15) is 12.4 Å². The van der Waals surface area contributed by atoms with Crippen LogP contribution in [0.2, 0.25) is 10.0 Å². The molecule has 1 heterocycles. The summed E-state index contributed by atoms with van der Waals surface area (Å²) in [5.41, 5.74) is 1.64. The van der Waals surface area contributed by atoms with Crippen molar-refractivity contribution >= 4 is 29.0 Å². The van der Waals surface area contributed by atoms with Gasteiger partial charge in [-0.2, -0.15) is 4.57 Å². The fourth-order valence-electron chi connectivity index (χ4n) is 2.31. The van der Waals surface area contributed by atoms with Gasteiger partial charge in [-0.25, -0.2) is 0 Å². The van der Waals surface area contributed by atoms with Crippen LogP contribution >= 0.6 is 23.2 Å². The average Bonchev–Trinajstić information content (AvgIpc) is 2.64. The molecule has 0 aliphatic heterocycles. The largest absolute Gasteiger partial charge is 1.00 e. The van der Waals surface area contributed by atoms with E-state index in [1.807, 2.05) is 54.9 Å². The van der Waals surface area contributed by atoms with E-state index in [2.05, 4.69) is 0 Å². The van der Waals surface area contributed by atoms with Gasteiger partial charge in [-0.15, -0.1) is 0 Å². The molecule has 0 saturated carbocycles. The lowest BCUT2D eigenvalue weighted by Gasteiger charge is -2.05. The summed E-state index contributed by atoms with van der Waals surface area (Å²) in [4.78, 5) is 12.3. The number of Topliss-reactive ketones (excluding diaryl/α,β-unsaturated/α-hetero) is 1. The van der Waals surface area contributed by atoms with E-state index in [1.165, 1.54) is 0 Å². The number of ketones is 1. The van der Waals surface area contributed by atoms with Gasteiger partial charge in [-0.05, 0) is 23.8 Å². The minimum Gasteiger partial charge on any atom is -1.00 e. The van der Waals surface area contributed by atoms with Crippen molar-refractivity contribution in [2.45, 2.75) is 13.2 Å². The second kappa shape index (κ2) is 9.72. The maximum Gasteiger partial charge on any atom is 0.227 e. The van der Waals surface area contributed by atoms with Crippen molar-refractivity contribution in [3.05, 3.63) is 94.2 Å². The molecule has 0 atom stereocenters. The van der Waals surface area contributed by atoms with Crippen molar-refractivity contribution in [1.29, 1.82) is 0 Å². The van der Waals surface area contributed by atoms with Crippen LogP contribution in [0.15, 0.2) is 73.1 Å². The fraction of sp³-hybridized carbons (Fsp3) is 0.100. The third kappa shape index (κ3) is 5.56. The van der Waals surface area contributed by atoms with Crippen molar-refractivity contribution in [2.75, 3.05) is 0 Å². The Morgan fingerprint density at radius 2 is 1.62 bits per heavy atom. The summed E-state index contributed by atoms with van der Waals surface area (Å²) in [6.07, 6.45) is 3.63. The van der Waals surface area contributed by atoms with Crippen LogP contribution in [0.5, 0.6) is 5.75 Å². The topological polar surface area (TPSA) is 30.2 Å². The number of hydrogen-bond donors (Lipinski definition) is 0. The zero-order chi connectivity index (χ0) is 17.6. The number of nitrogens with zero attached hydrogens (tertiary/aromatic N) is 1. The van der Waals surface area contributed by atoms with Crippen LogP contribution in [-0.2, 0) is 13.2 Å². The predicted octanol–water partition coefficient (Wildman–Crippen LogP) is 1.75. The van der Waals surface area contributed by atoms with E-state index >= 15 is 0 Å². The molecule has 0 aliphatic carbocycles. The third-order valence-electron chi connectivity index (χ3n) is 3.68. The van der Waals surface area contributed by atoms with Crippen LogP contribution in [0, 0.1) is 0 Å². The maximum atomic E-state index is 12.3. The van der Waals surface area contributed by atoms with Gasteiger partial charge < -0.3 is 21.7 Å². The molecule has 3 aromatic rings. The molecule has 0 fully saturated rings. The summed E-state index contributed by atoms with van der Waals surface area (Å²) in [6.45, 7) is 0.726. The lowest BCUT2D eigenvalue weighted by molar-refractivity contribution is -0.683. The highest BCUT2D eigenvalue weighted by molar-refractivity contribution is 6.42. The lowest BCUT2D eigenvalue weighted by Crippen LogP contribution is -3.00. The highest BCUT2D eigenvalue weighted by atomic mass is 79.9. The summed E-state index contributed by atoms with van der Waals surface area (Å²) < 4.78 is 7.53. The Morgan fingerprint density at radius 3 is 2.27 bits per heavy atom. The zero-order valence-corrected chi connectivity index (χ0v) is 16.8. The molecule has 3 nitrogen and oxygen atoms in total. The summed E-state index contributed by atoms with van der Waals surface area (Å²) in [5.74, 6) is 0.712. The lowest BCUT2D eigenvalue weighted by atomic mass is 10.1. The van der Waals surface area contributed by atoms with E-state index in [1.54, 1.807) is 22.8 Å². The molecule has 0 radical (unpaired) electrons. The molecule has 0 bridgehead atoms. The number of carbonyl (C=O) groups is 1. The van der Waals surface area contributed by atoms with Crippen LogP contribution in [0.3, 0.4) is 0 Å². The smallest absolute Gasteiger partial charge is 0.227 e. The Morgan fingerprint density at radius 1 is 0.923 bits per heavy atom. The van der Waals surface area contributed by atoms with Gasteiger partial charge >= 0.3 is 0 Å². The van der Waals surface area contributed by atoms with Gasteiger partial charge in [0.15, 0.2) is 12.4 Å². The van der Waals surface area contributed by atoms with Crippen molar-refractivity contribution in [1.82, 2.24) is 0 Å². The van der Waals surface area contributed by atoms with E-state index in [4.69, 9.17) is 27.9 Å². The monoisotopic (exact) mass is 451 g/mol. The van der Waals surface area contributed by atoms with Gasteiger partial charge in [0.2, 0.25) is 12.3 Å². The highest BCUT2D eigenvalue weighted by Gasteiger charge is 2.13. The number of aromatic nitrogens is 1. The standard InChI is InChI=1S/C20H16Cl2NO2.BrH/c21-18-7-6-16(12-19(18)22)20(24)13-23-10-8-17(9-11-23)25-14-15-4-2-1-3-5-15;/h1-12H,13-14H2;1H/q+1;/p-1. The molecule has 3 rings (SSSR count). The van der Waals surface area contributed by atoms with Crippen molar-refractivity contribution in [3.63, 3.8) is 0 Å². The summed E-state index contributed by atoms with van der Waals surface area (Å²) >= 11 is 11.8. The second-order valence-corrected chi connectivity index (χ2v) is 6.35. The molecular weight excluding hydrogens is 437 g/mol. The van der Waals surface area contributed by atoms with Gasteiger partial charge in [0.05, 0.1) is 10.0 Å². The third-order valence-corrected chi connectivity index (χ3v) is 4.42. The van der Waals surface area contributed by atoms with Gasteiger partial charge in [-0.3, -0.25) is 4.79 Å². The normalized spacial score (nSPS) is 10.1. The number of carbonyl (C=O) groups excluding carboxylic acids is 1. The van der Waals surface area contributed by atoms with Crippen molar-refractivity contribution in [3.8, 4) is 5.75 Å². The van der Waals surface area contributed by atoms with Crippen LogP contribution in [0.4, 0.5) is 0 Å². The molecule has 2 aromatic carbocycles. The van der Waals surface area contributed by atoms with Crippen LogP contribution in [0.25, 0.3) is 0 Å². The Labute approximate surface area is 172 Å². The van der Waals surface area contributed by atoms with Crippen LogP contribution in [0.1, 0.15) is 15.9 Å². The summed E-state index contributed by atoms with van der Waals surface area (Å²) in [6, 6.07) is 18.5. The number of rotatable bonds is 6. The molecule has 0 N–H and O–H groups in total. The molecular formula is C20H16BrCl2NO2. The molecule has 0 unspecified atom stereocenters. The van der Waals surface area contributed by atoms with E-state index in [0.29, 0.717) is 22.2 Å². The first-order valence-electron chi connectivity index (χ1n) is 7.76. The number of benzene rings is 2.